The number of hydrogen-bond acceptors (Lipinski definition) is 4. The van der Waals surface area contributed by atoms with Gasteiger partial charge in [0, 0.05) is 35.4 Å². The summed E-state index contributed by atoms with van der Waals surface area (Å²) >= 11 is 15.4. The van der Waals surface area contributed by atoms with Gasteiger partial charge in [0.15, 0.2) is 11.5 Å². The molecule has 2 heterocycles. The SMILES string of the molecule is O=C(CCn1ccc(C(=O)O)n1)Nc1nn(Cc2ccc(Cl)cc2Cl)cc1Br. The van der Waals surface area contributed by atoms with Crippen LogP contribution in [-0.2, 0) is 17.9 Å². The molecule has 0 saturated heterocycles. The fourth-order valence-electron chi connectivity index (χ4n) is 2.40. The van der Waals surface area contributed by atoms with Gasteiger partial charge < -0.3 is 10.4 Å². The van der Waals surface area contributed by atoms with E-state index in [0.29, 0.717) is 26.9 Å². The van der Waals surface area contributed by atoms with E-state index in [0.717, 1.165) is 5.56 Å². The van der Waals surface area contributed by atoms with E-state index in [4.69, 9.17) is 28.3 Å². The molecule has 8 nitrogen and oxygen atoms in total. The van der Waals surface area contributed by atoms with Gasteiger partial charge in [0.2, 0.25) is 5.91 Å². The van der Waals surface area contributed by atoms with Crippen molar-refractivity contribution >= 4 is 56.8 Å². The number of nitrogens with zero attached hydrogens (tertiary/aromatic N) is 4. The van der Waals surface area contributed by atoms with E-state index < -0.39 is 5.97 Å². The van der Waals surface area contributed by atoms with Crippen LogP contribution in [0.3, 0.4) is 0 Å². The highest BCUT2D eigenvalue weighted by Gasteiger charge is 2.13. The van der Waals surface area contributed by atoms with E-state index in [9.17, 15) is 9.59 Å². The first-order chi connectivity index (χ1) is 13.3. The Labute approximate surface area is 178 Å². The summed E-state index contributed by atoms with van der Waals surface area (Å²) in [7, 11) is 0. The second kappa shape index (κ2) is 8.76. The molecule has 3 aromatic rings. The number of hydrogen-bond donors (Lipinski definition) is 2. The summed E-state index contributed by atoms with van der Waals surface area (Å²) in [5.74, 6) is -1.01. The lowest BCUT2D eigenvalue weighted by atomic mass is 10.2. The Bertz CT molecular complexity index is 1030. The van der Waals surface area contributed by atoms with Crippen LogP contribution in [0, 0.1) is 0 Å². The van der Waals surface area contributed by atoms with E-state index in [1.165, 1.54) is 16.9 Å². The standard InChI is InChI=1S/C17H14BrCl2N5O3/c18-12-9-25(8-10-1-2-11(19)7-13(10)20)23-16(12)21-15(26)4-6-24-5-3-14(22-24)17(27)28/h1-3,5,7,9H,4,6,8H2,(H,27,28)(H,21,23,26). The summed E-state index contributed by atoms with van der Waals surface area (Å²) in [6, 6.07) is 6.59. The minimum atomic E-state index is -1.11. The molecule has 28 heavy (non-hydrogen) atoms. The summed E-state index contributed by atoms with van der Waals surface area (Å²) in [6.07, 6.45) is 3.35. The molecule has 2 aromatic heterocycles. The molecule has 0 radical (unpaired) electrons. The third kappa shape index (κ3) is 5.12. The molecule has 0 aliphatic carbocycles. The molecule has 3 rings (SSSR count). The molecule has 1 amide bonds. The number of carboxylic acids is 1. The van der Waals surface area contributed by atoms with Crippen molar-refractivity contribution in [3.05, 3.63) is 62.4 Å². The first-order valence-corrected chi connectivity index (χ1v) is 9.60. The van der Waals surface area contributed by atoms with Crippen molar-refractivity contribution in [3.63, 3.8) is 0 Å². The molecule has 0 saturated carbocycles. The third-order valence-electron chi connectivity index (χ3n) is 3.75. The monoisotopic (exact) mass is 485 g/mol. The van der Waals surface area contributed by atoms with Gasteiger partial charge in [-0.1, -0.05) is 29.3 Å². The number of carbonyl (C=O) groups excluding carboxylic acids is 1. The van der Waals surface area contributed by atoms with Gasteiger partial charge in [0.25, 0.3) is 0 Å². The number of aromatic carboxylic acids is 1. The maximum atomic E-state index is 12.2. The number of benzene rings is 1. The van der Waals surface area contributed by atoms with E-state index in [-0.39, 0.29) is 24.6 Å². The molecule has 0 atom stereocenters. The topological polar surface area (TPSA) is 102 Å². The Morgan fingerprint density at radius 3 is 2.64 bits per heavy atom. The Morgan fingerprint density at radius 2 is 1.96 bits per heavy atom. The number of carboxylic acid groups (broad SMARTS) is 1. The Morgan fingerprint density at radius 1 is 1.18 bits per heavy atom. The first kappa shape index (κ1) is 20.4. The molecule has 2 N–H and O–H groups in total. The van der Waals surface area contributed by atoms with Crippen molar-refractivity contribution in [1.29, 1.82) is 0 Å². The predicted molar refractivity (Wildman–Crippen MR) is 108 cm³/mol. The van der Waals surface area contributed by atoms with Crippen LogP contribution in [-0.4, -0.2) is 36.5 Å². The number of anilines is 1. The van der Waals surface area contributed by atoms with Crippen molar-refractivity contribution in [3.8, 4) is 0 Å². The fourth-order valence-corrected chi connectivity index (χ4v) is 3.28. The summed E-state index contributed by atoms with van der Waals surface area (Å²) in [6.45, 7) is 0.660. The largest absolute Gasteiger partial charge is 0.476 e. The van der Waals surface area contributed by atoms with Crippen molar-refractivity contribution in [2.45, 2.75) is 19.5 Å². The quantitative estimate of drug-likeness (QED) is 0.526. The van der Waals surface area contributed by atoms with Crippen LogP contribution in [0.5, 0.6) is 0 Å². The fraction of sp³-hybridized carbons (Fsp3) is 0.176. The van der Waals surface area contributed by atoms with Crippen LogP contribution < -0.4 is 5.32 Å². The lowest BCUT2D eigenvalue weighted by Crippen LogP contribution is -2.16. The number of carbonyl (C=O) groups is 2. The van der Waals surface area contributed by atoms with Gasteiger partial charge in [0.05, 0.1) is 11.0 Å². The van der Waals surface area contributed by atoms with Gasteiger partial charge in [-0.15, -0.1) is 0 Å². The van der Waals surface area contributed by atoms with Crippen LogP contribution >= 0.6 is 39.1 Å². The number of rotatable bonds is 7. The van der Waals surface area contributed by atoms with Gasteiger partial charge in [-0.3, -0.25) is 14.2 Å². The molecule has 0 aliphatic heterocycles. The molecule has 146 valence electrons. The molecule has 1 aromatic carbocycles. The average molecular weight is 487 g/mol. The third-order valence-corrected chi connectivity index (χ3v) is 4.92. The number of aromatic nitrogens is 4. The normalized spacial score (nSPS) is 10.8. The van der Waals surface area contributed by atoms with Crippen LogP contribution in [0.4, 0.5) is 5.82 Å². The lowest BCUT2D eigenvalue weighted by Gasteiger charge is -2.05. The molecular weight excluding hydrogens is 473 g/mol. The molecule has 0 spiro atoms. The van der Waals surface area contributed by atoms with Gasteiger partial charge in [0.1, 0.15) is 0 Å². The Kier molecular flexibility index (Phi) is 6.38. The van der Waals surface area contributed by atoms with Gasteiger partial charge in [-0.05, 0) is 39.7 Å². The van der Waals surface area contributed by atoms with Gasteiger partial charge in [-0.2, -0.15) is 10.2 Å². The number of halogens is 3. The molecular formula is C17H14BrCl2N5O3. The minimum Gasteiger partial charge on any atom is -0.476 e. The smallest absolute Gasteiger partial charge is 0.356 e. The molecule has 11 heteroatoms. The highest BCUT2D eigenvalue weighted by molar-refractivity contribution is 9.10. The van der Waals surface area contributed by atoms with E-state index in [2.05, 4.69) is 31.4 Å². The number of amides is 1. The van der Waals surface area contributed by atoms with Crippen molar-refractivity contribution in [2.24, 2.45) is 0 Å². The van der Waals surface area contributed by atoms with Crippen LogP contribution in [0.15, 0.2) is 41.1 Å². The highest BCUT2D eigenvalue weighted by Crippen LogP contribution is 2.24. The summed E-state index contributed by atoms with van der Waals surface area (Å²) < 4.78 is 3.67. The number of nitrogens with one attached hydrogen (secondary N) is 1. The van der Waals surface area contributed by atoms with Crippen molar-refractivity contribution in [2.75, 3.05) is 5.32 Å². The molecule has 0 bridgehead atoms. The van der Waals surface area contributed by atoms with Gasteiger partial charge >= 0.3 is 5.97 Å². The minimum absolute atomic E-state index is 0.0669. The maximum Gasteiger partial charge on any atom is 0.356 e. The second-order valence-electron chi connectivity index (χ2n) is 5.83. The van der Waals surface area contributed by atoms with Crippen LogP contribution in [0.2, 0.25) is 10.0 Å². The summed E-state index contributed by atoms with van der Waals surface area (Å²) in [4.78, 5) is 23.0. The van der Waals surface area contributed by atoms with Crippen LogP contribution in [0.25, 0.3) is 0 Å². The zero-order valence-corrected chi connectivity index (χ0v) is 17.4. The predicted octanol–water partition coefficient (Wildman–Crippen LogP) is 3.92. The lowest BCUT2D eigenvalue weighted by molar-refractivity contribution is -0.116. The zero-order valence-electron chi connectivity index (χ0n) is 14.3. The van der Waals surface area contributed by atoms with E-state index in [1.807, 2.05) is 6.07 Å². The van der Waals surface area contributed by atoms with Gasteiger partial charge in [-0.25, -0.2) is 4.79 Å². The molecule has 0 fully saturated rings. The van der Waals surface area contributed by atoms with Crippen molar-refractivity contribution < 1.29 is 14.7 Å². The van der Waals surface area contributed by atoms with Crippen LogP contribution in [0.1, 0.15) is 22.5 Å². The van der Waals surface area contributed by atoms with Crippen molar-refractivity contribution in [1.82, 2.24) is 19.6 Å². The Hall–Kier alpha value is -2.36. The molecule has 0 unspecified atom stereocenters. The summed E-state index contributed by atoms with van der Waals surface area (Å²) in [5, 5.41) is 20.8. The maximum absolute atomic E-state index is 12.2. The molecule has 0 aliphatic rings. The average Bonchev–Trinajstić information content (AvgIpc) is 3.23. The Balaban J connectivity index is 1.59. The summed E-state index contributed by atoms with van der Waals surface area (Å²) in [5.41, 5.74) is 0.773. The number of aryl methyl sites for hydroxylation is 1. The highest BCUT2D eigenvalue weighted by atomic mass is 79.9. The zero-order chi connectivity index (χ0) is 20.3. The van der Waals surface area contributed by atoms with E-state index >= 15 is 0 Å². The van der Waals surface area contributed by atoms with E-state index in [1.54, 1.807) is 23.0 Å². The second-order valence-corrected chi connectivity index (χ2v) is 7.52. The first-order valence-electron chi connectivity index (χ1n) is 8.05.